The quantitative estimate of drug-likeness (QED) is 0.461. The van der Waals surface area contributed by atoms with E-state index in [9.17, 15) is 4.79 Å². The van der Waals surface area contributed by atoms with Gasteiger partial charge in [-0.25, -0.2) is 5.43 Å². The third kappa shape index (κ3) is 5.96. The Bertz CT molecular complexity index is 709. The maximum atomic E-state index is 11.7. The van der Waals surface area contributed by atoms with Gasteiger partial charge in [0, 0.05) is 0 Å². The molecule has 24 heavy (non-hydrogen) atoms. The van der Waals surface area contributed by atoms with Gasteiger partial charge in [0.25, 0.3) is 5.91 Å². The Morgan fingerprint density at radius 3 is 2.67 bits per heavy atom. The first kappa shape index (κ1) is 17.3. The van der Waals surface area contributed by atoms with Gasteiger partial charge in [0.1, 0.15) is 18.1 Å². The highest BCUT2D eigenvalue weighted by atomic mass is 16.5. The molecule has 124 valence electrons. The summed E-state index contributed by atoms with van der Waals surface area (Å²) >= 11 is 0. The number of rotatable bonds is 8. The Morgan fingerprint density at radius 1 is 1.17 bits per heavy atom. The van der Waals surface area contributed by atoms with E-state index in [4.69, 9.17) is 9.47 Å². The van der Waals surface area contributed by atoms with Crippen molar-refractivity contribution in [3.8, 4) is 11.5 Å². The van der Waals surface area contributed by atoms with E-state index < -0.39 is 0 Å². The summed E-state index contributed by atoms with van der Waals surface area (Å²) in [5.74, 6) is 1.09. The van der Waals surface area contributed by atoms with Crippen LogP contribution in [0.5, 0.6) is 11.5 Å². The van der Waals surface area contributed by atoms with Crippen LogP contribution in [0.2, 0.25) is 0 Å². The molecule has 0 fully saturated rings. The number of benzene rings is 2. The number of hydrazone groups is 1. The fourth-order valence-corrected chi connectivity index (χ4v) is 1.87. The lowest BCUT2D eigenvalue weighted by atomic mass is 10.2. The number of carbonyl (C=O) groups is 1. The van der Waals surface area contributed by atoms with E-state index in [1.54, 1.807) is 18.4 Å². The molecule has 5 heteroatoms. The number of hydrogen-bond donors (Lipinski definition) is 1. The number of aryl methyl sites for hydroxylation is 1. The van der Waals surface area contributed by atoms with E-state index in [1.807, 2.05) is 49.4 Å². The number of nitrogens with zero attached hydrogens (tertiary/aromatic N) is 1. The maximum Gasteiger partial charge on any atom is 0.277 e. The highest BCUT2D eigenvalue weighted by Gasteiger charge is 2.01. The van der Waals surface area contributed by atoms with Crippen LogP contribution in [0.15, 0.2) is 66.3 Å². The molecule has 2 rings (SSSR count). The van der Waals surface area contributed by atoms with Crippen molar-refractivity contribution in [3.05, 3.63) is 72.3 Å². The van der Waals surface area contributed by atoms with Crippen LogP contribution in [0.4, 0.5) is 0 Å². The molecule has 2 aromatic carbocycles. The van der Waals surface area contributed by atoms with Gasteiger partial charge in [-0.2, -0.15) is 5.10 Å². The minimum Gasteiger partial charge on any atom is -0.490 e. The molecule has 1 amide bonds. The average molecular weight is 324 g/mol. The predicted molar refractivity (Wildman–Crippen MR) is 94.5 cm³/mol. The lowest BCUT2D eigenvalue weighted by Gasteiger charge is -2.05. The van der Waals surface area contributed by atoms with Crippen LogP contribution < -0.4 is 14.9 Å². The molecule has 1 N–H and O–H groups in total. The average Bonchev–Trinajstić information content (AvgIpc) is 2.59. The van der Waals surface area contributed by atoms with Gasteiger partial charge in [0.05, 0.1) is 6.21 Å². The van der Waals surface area contributed by atoms with Gasteiger partial charge in [-0.15, -0.1) is 0 Å². The third-order valence-corrected chi connectivity index (χ3v) is 3.01. The van der Waals surface area contributed by atoms with Crippen molar-refractivity contribution in [1.82, 2.24) is 5.43 Å². The zero-order valence-corrected chi connectivity index (χ0v) is 13.6. The van der Waals surface area contributed by atoms with Crippen LogP contribution in [0.25, 0.3) is 0 Å². The number of amides is 1. The lowest BCUT2D eigenvalue weighted by Crippen LogP contribution is -2.24. The van der Waals surface area contributed by atoms with Crippen LogP contribution in [-0.2, 0) is 4.79 Å². The first-order valence-electron chi connectivity index (χ1n) is 7.52. The molecule has 0 spiro atoms. The van der Waals surface area contributed by atoms with Crippen LogP contribution >= 0.6 is 0 Å². The molecule has 5 nitrogen and oxygen atoms in total. The number of nitrogens with one attached hydrogen (secondary N) is 1. The molecule has 0 bridgehead atoms. The minimum absolute atomic E-state index is 0.0882. The number of ether oxygens (including phenoxy) is 2. The van der Waals surface area contributed by atoms with E-state index in [2.05, 4.69) is 17.1 Å². The fourth-order valence-electron chi connectivity index (χ4n) is 1.87. The van der Waals surface area contributed by atoms with E-state index in [1.165, 1.54) is 0 Å². The van der Waals surface area contributed by atoms with Gasteiger partial charge in [0.15, 0.2) is 6.61 Å². The van der Waals surface area contributed by atoms with Crippen molar-refractivity contribution in [1.29, 1.82) is 0 Å². The summed E-state index contributed by atoms with van der Waals surface area (Å²) in [4.78, 5) is 11.7. The molecule has 0 aliphatic rings. The molecular formula is C19H20N2O3. The molecule has 0 saturated carbocycles. The number of hydrogen-bond acceptors (Lipinski definition) is 4. The van der Waals surface area contributed by atoms with E-state index in [-0.39, 0.29) is 12.5 Å². The third-order valence-electron chi connectivity index (χ3n) is 3.01. The Balaban J connectivity index is 1.76. The second-order valence-electron chi connectivity index (χ2n) is 5.07. The van der Waals surface area contributed by atoms with Gasteiger partial charge in [-0.3, -0.25) is 4.79 Å². The van der Waals surface area contributed by atoms with Crippen molar-refractivity contribution in [2.75, 3.05) is 13.2 Å². The summed E-state index contributed by atoms with van der Waals surface area (Å²) < 4.78 is 10.8. The van der Waals surface area contributed by atoms with E-state index >= 15 is 0 Å². The molecular weight excluding hydrogens is 304 g/mol. The second-order valence-corrected chi connectivity index (χ2v) is 5.07. The zero-order valence-electron chi connectivity index (χ0n) is 13.6. The first-order chi connectivity index (χ1) is 11.7. The highest BCUT2D eigenvalue weighted by Crippen LogP contribution is 2.12. The molecule has 0 aromatic heterocycles. The lowest BCUT2D eigenvalue weighted by molar-refractivity contribution is -0.123. The molecule has 0 aliphatic heterocycles. The minimum atomic E-state index is -0.321. The summed E-state index contributed by atoms with van der Waals surface area (Å²) in [6.07, 6.45) is 3.24. The predicted octanol–water partition coefficient (Wildman–Crippen LogP) is 3.09. The molecule has 0 heterocycles. The second kappa shape index (κ2) is 9.15. The summed E-state index contributed by atoms with van der Waals surface area (Å²) in [5.41, 5.74) is 4.35. The molecule has 0 radical (unpaired) electrons. The Hall–Kier alpha value is -3.08. The van der Waals surface area contributed by atoms with Gasteiger partial charge >= 0.3 is 0 Å². The van der Waals surface area contributed by atoms with Crippen LogP contribution in [0.1, 0.15) is 11.1 Å². The summed E-state index contributed by atoms with van der Waals surface area (Å²) in [6, 6.07) is 14.9. The van der Waals surface area contributed by atoms with Crippen LogP contribution in [0, 0.1) is 6.92 Å². The summed E-state index contributed by atoms with van der Waals surface area (Å²) in [5, 5.41) is 3.90. The van der Waals surface area contributed by atoms with Crippen molar-refractivity contribution in [2.24, 2.45) is 5.10 Å². The monoisotopic (exact) mass is 324 g/mol. The standard InChI is InChI=1S/C19H20N2O3/c1-3-11-23-17-9-7-16(8-10-17)13-20-21-19(22)14-24-18-6-4-5-15(2)12-18/h3-10,12-13H,1,11,14H2,2H3,(H,21,22)/b20-13+. The molecule has 2 aromatic rings. The van der Waals surface area contributed by atoms with Gasteiger partial charge in [0.2, 0.25) is 0 Å². The zero-order chi connectivity index (χ0) is 17.2. The molecule has 0 atom stereocenters. The largest absolute Gasteiger partial charge is 0.490 e. The van der Waals surface area contributed by atoms with Gasteiger partial charge in [-0.05, 0) is 54.4 Å². The van der Waals surface area contributed by atoms with Crippen molar-refractivity contribution < 1.29 is 14.3 Å². The van der Waals surface area contributed by atoms with Crippen molar-refractivity contribution >= 4 is 12.1 Å². The highest BCUT2D eigenvalue weighted by molar-refractivity contribution is 5.83. The van der Waals surface area contributed by atoms with Crippen LogP contribution in [0.3, 0.4) is 0 Å². The maximum absolute atomic E-state index is 11.7. The smallest absolute Gasteiger partial charge is 0.277 e. The van der Waals surface area contributed by atoms with Crippen molar-refractivity contribution in [2.45, 2.75) is 6.92 Å². The fraction of sp³-hybridized carbons (Fsp3) is 0.158. The first-order valence-corrected chi connectivity index (χ1v) is 7.52. The summed E-state index contributed by atoms with van der Waals surface area (Å²) in [6.45, 7) is 5.93. The molecule has 0 unspecified atom stereocenters. The van der Waals surface area contributed by atoms with Gasteiger partial charge in [-0.1, -0.05) is 24.8 Å². The normalized spacial score (nSPS) is 10.4. The topological polar surface area (TPSA) is 59.9 Å². The molecule has 0 aliphatic carbocycles. The Kier molecular flexibility index (Phi) is 6.58. The Labute approximate surface area is 141 Å². The van der Waals surface area contributed by atoms with Crippen molar-refractivity contribution in [3.63, 3.8) is 0 Å². The summed E-state index contributed by atoms with van der Waals surface area (Å²) in [7, 11) is 0. The van der Waals surface area contributed by atoms with E-state index in [0.717, 1.165) is 16.9 Å². The van der Waals surface area contributed by atoms with Gasteiger partial charge < -0.3 is 9.47 Å². The Morgan fingerprint density at radius 2 is 1.96 bits per heavy atom. The SMILES string of the molecule is C=CCOc1ccc(/C=N/NC(=O)COc2cccc(C)c2)cc1. The van der Waals surface area contributed by atoms with E-state index in [0.29, 0.717) is 12.4 Å². The number of carbonyl (C=O) groups excluding carboxylic acids is 1. The molecule has 0 saturated heterocycles. The van der Waals surface area contributed by atoms with Crippen LogP contribution in [-0.4, -0.2) is 25.3 Å².